The summed E-state index contributed by atoms with van der Waals surface area (Å²) in [6.07, 6.45) is 1.33. The average Bonchev–Trinajstić information content (AvgIpc) is 2.29. The van der Waals surface area contributed by atoms with Crippen molar-refractivity contribution in [2.45, 2.75) is 26.7 Å². The first-order valence-corrected chi connectivity index (χ1v) is 5.76. The number of ether oxygens (including phenoxy) is 1. The van der Waals surface area contributed by atoms with Gasteiger partial charge < -0.3 is 4.74 Å². The summed E-state index contributed by atoms with van der Waals surface area (Å²) in [6.45, 7) is 3.97. The second-order valence-electron chi connectivity index (χ2n) is 4.59. The van der Waals surface area contributed by atoms with Crippen molar-refractivity contribution >= 4 is 11.8 Å². The second kappa shape index (κ2) is 4.32. The Morgan fingerprint density at radius 2 is 2.06 bits per heavy atom. The van der Waals surface area contributed by atoms with Crippen molar-refractivity contribution in [3.05, 3.63) is 34.4 Å². The lowest BCUT2D eigenvalue weighted by Crippen LogP contribution is -2.30. The largest absolute Gasteiger partial charge is 0.468 e. The van der Waals surface area contributed by atoms with Crippen LogP contribution in [0.5, 0.6) is 0 Å². The predicted molar refractivity (Wildman–Crippen MR) is 64.1 cm³/mol. The molecule has 0 spiro atoms. The smallest absolute Gasteiger partial charge is 0.316 e. The first-order valence-electron chi connectivity index (χ1n) is 5.76. The molecular weight excluding hydrogens is 216 g/mol. The summed E-state index contributed by atoms with van der Waals surface area (Å²) in [5.41, 5.74) is 3.97. The lowest BCUT2D eigenvalue weighted by atomic mass is 9.80. The number of benzene rings is 1. The minimum atomic E-state index is -0.617. The molecule has 0 bridgehead atoms. The number of methoxy groups -OCH3 is 1. The SMILES string of the molecule is COC(=O)C1CCc2c(C)cc(C)cc2C1=O. The van der Waals surface area contributed by atoms with E-state index in [9.17, 15) is 9.59 Å². The molecule has 3 nitrogen and oxygen atoms in total. The van der Waals surface area contributed by atoms with E-state index in [4.69, 9.17) is 0 Å². The Hall–Kier alpha value is -1.64. The lowest BCUT2D eigenvalue weighted by Gasteiger charge is -2.23. The Kier molecular flexibility index (Phi) is 3.01. The van der Waals surface area contributed by atoms with Crippen LogP contribution < -0.4 is 0 Å². The van der Waals surface area contributed by atoms with Crippen molar-refractivity contribution in [3.63, 3.8) is 0 Å². The number of esters is 1. The number of hydrogen-bond donors (Lipinski definition) is 0. The van der Waals surface area contributed by atoms with Gasteiger partial charge in [0.15, 0.2) is 5.78 Å². The van der Waals surface area contributed by atoms with Crippen LogP contribution in [0, 0.1) is 19.8 Å². The molecule has 2 rings (SSSR count). The van der Waals surface area contributed by atoms with E-state index in [0.717, 1.165) is 23.1 Å². The van der Waals surface area contributed by atoms with E-state index in [1.54, 1.807) is 0 Å². The number of Topliss-reactive ketones (excluding diaryl/α,β-unsaturated/α-hetero) is 1. The number of carbonyl (C=O) groups is 2. The van der Waals surface area contributed by atoms with E-state index in [1.807, 2.05) is 19.9 Å². The van der Waals surface area contributed by atoms with Gasteiger partial charge in [0.05, 0.1) is 7.11 Å². The highest BCUT2D eigenvalue weighted by molar-refractivity contribution is 6.10. The maximum absolute atomic E-state index is 12.2. The van der Waals surface area contributed by atoms with Crippen LogP contribution in [-0.4, -0.2) is 18.9 Å². The topological polar surface area (TPSA) is 43.4 Å². The molecular formula is C14H16O3. The molecule has 17 heavy (non-hydrogen) atoms. The summed E-state index contributed by atoms with van der Waals surface area (Å²) in [5.74, 6) is -1.13. The van der Waals surface area contributed by atoms with Gasteiger partial charge in [-0.2, -0.15) is 0 Å². The second-order valence-corrected chi connectivity index (χ2v) is 4.59. The van der Waals surface area contributed by atoms with Crippen LogP contribution in [0.15, 0.2) is 12.1 Å². The third-order valence-corrected chi connectivity index (χ3v) is 3.37. The van der Waals surface area contributed by atoms with Gasteiger partial charge in [-0.1, -0.05) is 11.6 Å². The minimum Gasteiger partial charge on any atom is -0.468 e. The monoisotopic (exact) mass is 232 g/mol. The molecule has 0 heterocycles. The molecule has 1 unspecified atom stereocenters. The number of fused-ring (bicyclic) bond motifs is 1. The van der Waals surface area contributed by atoms with Gasteiger partial charge in [0.2, 0.25) is 0 Å². The molecule has 0 N–H and O–H groups in total. The van der Waals surface area contributed by atoms with Crippen LogP contribution in [0.3, 0.4) is 0 Å². The van der Waals surface area contributed by atoms with E-state index >= 15 is 0 Å². The van der Waals surface area contributed by atoms with Crippen molar-refractivity contribution in [1.29, 1.82) is 0 Å². The van der Waals surface area contributed by atoms with E-state index in [-0.39, 0.29) is 5.78 Å². The lowest BCUT2D eigenvalue weighted by molar-refractivity contribution is -0.143. The molecule has 1 aliphatic carbocycles. The summed E-state index contributed by atoms with van der Waals surface area (Å²) in [7, 11) is 1.33. The number of hydrogen-bond acceptors (Lipinski definition) is 3. The maximum atomic E-state index is 12.2. The Morgan fingerprint density at radius 3 is 2.71 bits per heavy atom. The van der Waals surface area contributed by atoms with Crippen LogP contribution in [0.4, 0.5) is 0 Å². The zero-order valence-electron chi connectivity index (χ0n) is 10.4. The Labute approximate surface area is 101 Å². The molecule has 3 heteroatoms. The zero-order chi connectivity index (χ0) is 12.6. The first-order chi connectivity index (χ1) is 8.04. The summed E-state index contributed by atoms with van der Waals surface area (Å²) < 4.78 is 4.68. The highest BCUT2D eigenvalue weighted by Crippen LogP contribution is 2.29. The predicted octanol–water partition coefficient (Wildman–Crippen LogP) is 2.22. The zero-order valence-corrected chi connectivity index (χ0v) is 10.4. The molecule has 0 saturated carbocycles. The molecule has 90 valence electrons. The molecule has 1 aromatic carbocycles. The maximum Gasteiger partial charge on any atom is 0.316 e. The average molecular weight is 232 g/mol. The third kappa shape index (κ3) is 1.97. The fraction of sp³-hybridized carbons (Fsp3) is 0.429. The Balaban J connectivity index is 2.45. The molecule has 0 amide bonds. The van der Waals surface area contributed by atoms with Gasteiger partial charge in [0.1, 0.15) is 5.92 Å². The Morgan fingerprint density at radius 1 is 1.35 bits per heavy atom. The van der Waals surface area contributed by atoms with Gasteiger partial charge in [0.25, 0.3) is 0 Å². The summed E-state index contributed by atoms with van der Waals surface area (Å²) in [6, 6.07) is 3.95. The highest BCUT2D eigenvalue weighted by atomic mass is 16.5. The number of rotatable bonds is 1. The van der Waals surface area contributed by atoms with Gasteiger partial charge >= 0.3 is 5.97 Å². The fourth-order valence-electron chi connectivity index (χ4n) is 2.52. The molecule has 0 aromatic heterocycles. The van der Waals surface area contributed by atoms with Crippen molar-refractivity contribution in [2.75, 3.05) is 7.11 Å². The van der Waals surface area contributed by atoms with E-state index < -0.39 is 11.9 Å². The first kappa shape index (κ1) is 11.8. The number of ketones is 1. The van der Waals surface area contributed by atoms with E-state index in [0.29, 0.717) is 12.0 Å². The third-order valence-electron chi connectivity index (χ3n) is 3.37. The standard InChI is InChI=1S/C14H16O3/c1-8-6-9(2)10-4-5-11(14(16)17-3)13(15)12(10)7-8/h6-7,11H,4-5H2,1-3H3. The van der Waals surface area contributed by atoms with Gasteiger partial charge in [-0.3, -0.25) is 9.59 Å². The van der Waals surface area contributed by atoms with Gasteiger partial charge in [-0.05, 0) is 43.9 Å². The summed E-state index contributed by atoms with van der Waals surface area (Å²) in [5, 5.41) is 0. The number of aryl methyl sites for hydroxylation is 2. The quantitative estimate of drug-likeness (QED) is 0.551. The summed E-state index contributed by atoms with van der Waals surface area (Å²) in [4.78, 5) is 23.7. The minimum absolute atomic E-state index is 0.0927. The molecule has 0 fully saturated rings. The van der Waals surface area contributed by atoms with Crippen LogP contribution in [0.1, 0.15) is 33.5 Å². The van der Waals surface area contributed by atoms with Crippen LogP contribution in [-0.2, 0) is 16.0 Å². The Bertz CT molecular complexity index is 488. The van der Waals surface area contributed by atoms with Crippen molar-refractivity contribution < 1.29 is 14.3 Å². The van der Waals surface area contributed by atoms with E-state index in [2.05, 4.69) is 10.8 Å². The van der Waals surface area contributed by atoms with Crippen molar-refractivity contribution in [3.8, 4) is 0 Å². The van der Waals surface area contributed by atoms with Crippen LogP contribution in [0.25, 0.3) is 0 Å². The van der Waals surface area contributed by atoms with Crippen molar-refractivity contribution in [2.24, 2.45) is 5.92 Å². The van der Waals surface area contributed by atoms with Gasteiger partial charge in [0, 0.05) is 5.56 Å². The normalized spacial score (nSPS) is 18.8. The van der Waals surface area contributed by atoms with Crippen LogP contribution in [0.2, 0.25) is 0 Å². The van der Waals surface area contributed by atoms with E-state index in [1.165, 1.54) is 7.11 Å². The molecule has 1 atom stereocenters. The van der Waals surface area contributed by atoms with Crippen molar-refractivity contribution in [1.82, 2.24) is 0 Å². The highest BCUT2D eigenvalue weighted by Gasteiger charge is 2.34. The fourth-order valence-corrected chi connectivity index (χ4v) is 2.52. The molecule has 0 saturated heterocycles. The molecule has 0 radical (unpaired) electrons. The van der Waals surface area contributed by atoms with Gasteiger partial charge in [-0.15, -0.1) is 0 Å². The molecule has 1 aliphatic rings. The molecule has 1 aromatic rings. The summed E-state index contributed by atoms with van der Waals surface area (Å²) >= 11 is 0. The van der Waals surface area contributed by atoms with Crippen LogP contribution >= 0.6 is 0 Å². The number of carbonyl (C=O) groups excluding carboxylic acids is 2. The molecule has 0 aliphatic heterocycles. The van der Waals surface area contributed by atoms with Gasteiger partial charge in [-0.25, -0.2) is 0 Å².